The monoisotopic (exact) mass is 468 g/mol. The van der Waals surface area contributed by atoms with Gasteiger partial charge in [-0.1, -0.05) is 58.0 Å². The maximum Gasteiger partial charge on any atom is 0.182 e. The van der Waals surface area contributed by atoms with Crippen LogP contribution in [-0.2, 0) is 0 Å². The van der Waals surface area contributed by atoms with Crippen LogP contribution in [0.5, 0.6) is 0 Å². The summed E-state index contributed by atoms with van der Waals surface area (Å²) in [4.78, 5) is 19.3. The zero-order valence-electron chi connectivity index (χ0n) is 13.0. The van der Waals surface area contributed by atoms with Crippen LogP contribution in [0, 0.1) is 0 Å². The van der Waals surface area contributed by atoms with Crippen molar-refractivity contribution in [1.82, 2.24) is 0 Å². The molecule has 0 amide bonds. The molecule has 0 unspecified atom stereocenters. The van der Waals surface area contributed by atoms with Gasteiger partial charge >= 0.3 is 0 Å². The summed E-state index contributed by atoms with van der Waals surface area (Å²) < 4.78 is 1.02. The third-order valence-electron chi connectivity index (χ3n) is 3.55. The van der Waals surface area contributed by atoms with E-state index in [1.54, 1.807) is 11.8 Å². The Kier molecular flexibility index (Phi) is 7.52. The molecule has 3 nitrogen and oxygen atoms in total. The van der Waals surface area contributed by atoms with Crippen molar-refractivity contribution >= 4 is 61.3 Å². The van der Waals surface area contributed by atoms with Crippen molar-refractivity contribution in [1.29, 1.82) is 0 Å². The predicted octanol–water partition coefficient (Wildman–Crippen LogP) is 5.21. The summed E-state index contributed by atoms with van der Waals surface area (Å²) in [6.45, 7) is 1.13. The van der Waals surface area contributed by atoms with Gasteiger partial charge in [0.25, 0.3) is 0 Å². The van der Waals surface area contributed by atoms with Crippen LogP contribution < -0.4 is 4.90 Å². The molecule has 2 aromatic carbocycles. The van der Waals surface area contributed by atoms with Gasteiger partial charge in [0, 0.05) is 28.0 Å². The van der Waals surface area contributed by atoms with E-state index in [1.165, 1.54) is 0 Å². The van der Waals surface area contributed by atoms with Gasteiger partial charge in [-0.05, 0) is 30.7 Å². The summed E-state index contributed by atoms with van der Waals surface area (Å²) in [5, 5.41) is 0.933. The molecule has 0 fully saturated rings. The Morgan fingerprint density at radius 2 is 1.83 bits per heavy atom. The summed E-state index contributed by atoms with van der Waals surface area (Å²) in [5.41, 5.74) is 1.72. The molecule has 0 saturated carbocycles. The van der Waals surface area contributed by atoms with Crippen molar-refractivity contribution in [2.75, 3.05) is 23.7 Å². The van der Waals surface area contributed by atoms with Crippen LogP contribution in [0.15, 0.2) is 64.1 Å². The fourth-order valence-corrected chi connectivity index (χ4v) is 3.59. The SMILES string of the molecule is Br.O=C(CN(C1=NCCCS1)c1ccc(Br)cc1)c1ccccc1. The van der Waals surface area contributed by atoms with E-state index in [9.17, 15) is 4.79 Å². The zero-order valence-corrected chi connectivity index (χ0v) is 17.1. The number of anilines is 1. The first-order valence-electron chi connectivity index (χ1n) is 7.52. The molecule has 0 radical (unpaired) electrons. The summed E-state index contributed by atoms with van der Waals surface area (Å²) in [6.07, 6.45) is 1.09. The Hall–Kier alpha value is -1.11. The number of amidine groups is 1. The second kappa shape index (κ2) is 9.39. The average Bonchev–Trinajstić information content (AvgIpc) is 2.62. The Labute approximate surface area is 165 Å². The number of rotatable bonds is 4. The summed E-state index contributed by atoms with van der Waals surface area (Å²) in [5.74, 6) is 1.15. The first-order chi connectivity index (χ1) is 11.2. The quantitative estimate of drug-likeness (QED) is 0.576. The molecule has 1 aliphatic heterocycles. The van der Waals surface area contributed by atoms with E-state index in [1.807, 2.05) is 59.5 Å². The number of thioether (sulfide) groups is 1. The van der Waals surface area contributed by atoms with Crippen molar-refractivity contribution < 1.29 is 4.79 Å². The van der Waals surface area contributed by atoms with Crippen LogP contribution in [0.4, 0.5) is 5.69 Å². The van der Waals surface area contributed by atoms with Gasteiger partial charge in [-0.2, -0.15) is 0 Å². The molecule has 0 aliphatic carbocycles. The second-order valence-electron chi connectivity index (χ2n) is 5.22. The molecule has 1 heterocycles. The van der Waals surface area contributed by atoms with Crippen molar-refractivity contribution in [2.24, 2.45) is 4.99 Å². The third kappa shape index (κ3) is 4.94. The lowest BCUT2D eigenvalue weighted by molar-refractivity contribution is 0.100. The van der Waals surface area contributed by atoms with Gasteiger partial charge in [-0.15, -0.1) is 17.0 Å². The Balaban J connectivity index is 0.00000208. The molecule has 0 spiro atoms. The summed E-state index contributed by atoms with van der Waals surface area (Å²) in [6, 6.07) is 17.4. The van der Waals surface area contributed by atoms with E-state index in [0.717, 1.165) is 39.6 Å². The fraction of sp³-hybridized carbons (Fsp3) is 0.222. The maximum atomic E-state index is 12.6. The number of carbonyl (C=O) groups is 1. The van der Waals surface area contributed by atoms with Gasteiger partial charge in [-0.25, -0.2) is 0 Å². The van der Waals surface area contributed by atoms with E-state index < -0.39 is 0 Å². The topological polar surface area (TPSA) is 32.7 Å². The number of nitrogens with zero attached hydrogens (tertiary/aromatic N) is 2. The van der Waals surface area contributed by atoms with Gasteiger partial charge in [0.1, 0.15) is 0 Å². The molecule has 0 N–H and O–H groups in total. The molecule has 6 heteroatoms. The number of hydrogen-bond donors (Lipinski definition) is 0. The number of aliphatic imine (C=N–C) groups is 1. The number of benzene rings is 2. The minimum atomic E-state index is 0. The normalized spacial score (nSPS) is 13.6. The van der Waals surface area contributed by atoms with Gasteiger partial charge in [0.05, 0.1) is 6.54 Å². The fourth-order valence-electron chi connectivity index (χ4n) is 2.36. The molecule has 0 aromatic heterocycles. The Morgan fingerprint density at radius 1 is 1.12 bits per heavy atom. The van der Waals surface area contributed by atoms with E-state index >= 15 is 0 Å². The van der Waals surface area contributed by atoms with Gasteiger partial charge in [0.15, 0.2) is 11.0 Å². The number of hydrogen-bond acceptors (Lipinski definition) is 4. The standard InChI is InChI=1S/C18H17BrN2OS.BrH/c19-15-7-9-16(10-8-15)21(18-20-11-4-12-23-18)13-17(22)14-5-2-1-3-6-14;/h1-3,5-10H,4,11-13H2;1H. The first-order valence-corrected chi connectivity index (χ1v) is 9.30. The first kappa shape index (κ1) is 19.2. The molecule has 126 valence electrons. The van der Waals surface area contributed by atoms with E-state index in [4.69, 9.17) is 0 Å². The lowest BCUT2D eigenvalue weighted by Crippen LogP contribution is -2.35. The zero-order chi connectivity index (χ0) is 16.1. The van der Waals surface area contributed by atoms with Crippen LogP contribution in [0.25, 0.3) is 0 Å². The molecule has 0 bridgehead atoms. The Morgan fingerprint density at radius 3 is 2.46 bits per heavy atom. The summed E-state index contributed by atoms with van der Waals surface area (Å²) in [7, 11) is 0. The average molecular weight is 470 g/mol. The molecule has 0 saturated heterocycles. The van der Waals surface area contributed by atoms with Crippen LogP contribution in [0.3, 0.4) is 0 Å². The predicted molar refractivity (Wildman–Crippen MR) is 112 cm³/mol. The summed E-state index contributed by atoms with van der Waals surface area (Å²) >= 11 is 5.18. The highest BCUT2D eigenvalue weighted by atomic mass is 79.9. The maximum absolute atomic E-state index is 12.6. The molecule has 3 rings (SSSR count). The molecule has 1 aliphatic rings. The number of carbonyl (C=O) groups excluding carboxylic acids is 1. The minimum absolute atomic E-state index is 0. The lowest BCUT2D eigenvalue weighted by Gasteiger charge is -2.27. The van der Waals surface area contributed by atoms with E-state index in [0.29, 0.717) is 6.54 Å². The largest absolute Gasteiger partial charge is 0.313 e. The van der Waals surface area contributed by atoms with E-state index in [2.05, 4.69) is 20.9 Å². The Bertz CT molecular complexity index is 705. The van der Waals surface area contributed by atoms with Gasteiger partial charge in [0.2, 0.25) is 0 Å². The van der Waals surface area contributed by atoms with Crippen LogP contribution in [-0.4, -0.2) is 29.8 Å². The van der Waals surface area contributed by atoms with Gasteiger partial charge in [-0.3, -0.25) is 9.79 Å². The second-order valence-corrected chi connectivity index (χ2v) is 7.20. The van der Waals surface area contributed by atoms with Crippen LogP contribution in [0.1, 0.15) is 16.8 Å². The molecular weight excluding hydrogens is 452 g/mol. The third-order valence-corrected chi connectivity index (χ3v) is 5.18. The lowest BCUT2D eigenvalue weighted by atomic mass is 10.1. The minimum Gasteiger partial charge on any atom is -0.313 e. The van der Waals surface area contributed by atoms with Crippen molar-refractivity contribution in [2.45, 2.75) is 6.42 Å². The smallest absolute Gasteiger partial charge is 0.182 e. The van der Waals surface area contributed by atoms with E-state index in [-0.39, 0.29) is 22.8 Å². The van der Waals surface area contributed by atoms with Crippen LogP contribution in [0.2, 0.25) is 0 Å². The highest BCUT2D eigenvalue weighted by Gasteiger charge is 2.20. The molecule has 2 aromatic rings. The number of halogens is 2. The van der Waals surface area contributed by atoms with Crippen molar-refractivity contribution in [3.63, 3.8) is 0 Å². The molecule has 24 heavy (non-hydrogen) atoms. The molecular formula is C18H18Br2N2OS. The van der Waals surface area contributed by atoms with Crippen LogP contribution >= 0.6 is 44.7 Å². The highest BCUT2D eigenvalue weighted by Crippen LogP contribution is 2.25. The van der Waals surface area contributed by atoms with Gasteiger partial charge < -0.3 is 4.90 Å². The molecule has 0 atom stereocenters. The van der Waals surface area contributed by atoms with Crippen molar-refractivity contribution in [3.8, 4) is 0 Å². The highest BCUT2D eigenvalue weighted by molar-refractivity contribution is 9.10. The van der Waals surface area contributed by atoms with Crippen molar-refractivity contribution in [3.05, 3.63) is 64.6 Å². The number of Topliss-reactive ketones (excluding diaryl/α,β-unsaturated/α-hetero) is 1. The number of ketones is 1.